The fourth-order valence-electron chi connectivity index (χ4n) is 3.81. The van der Waals surface area contributed by atoms with E-state index >= 15 is 0 Å². The Balaban J connectivity index is 2.21. The maximum atomic E-state index is 9.88. The number of benzene rings is 2. The van der Waals surface area contributed by atoms with Gasteiger partial charge in [0.2, 0.25) is 0 Å². The molecule has 3 heteroatoms. The van der Waals surface area contributed by atoms with Crippen LogP contribution in [0.4, 0.5) is 0 Å². The minimum atomic E-state index is -0.267. The van der Waals surface area contributed by atoms with Gasteiger partial charge in [0.15, 0.2) is 0 Å². The quantitative estimate of drug-likeness (QED) is 0.745. The van der Waals surface area contributed by atoms with Crippen LogP contribution in [0.5, 0.6) is 11.5 Å². The summed E-state index contributed by atoms with van der Waals surface area (Å²) in [5.74, 6) is 0.625. The average Bonchev–Trinajstić information content (AvgIpc) is 2.53. The van der Waals surface area contributed by atoms with Crippen LogP contribution in [0.15, 0.2) is 36.4 Å². The molecule has 1 aliphatic carbocycles. The van der Waals surface area contributed by atoms with Gasteiger partial charge in [-0.05, 0) is 61.1 Å². The van der Waals surface area contributed by atoms with E-state index in [0.29, 0.717) is 11.5 Å². The van der Waals surface area contributed by atoms with E-state index in [4.69, 9.17) is 11.6 Å². The highest BCUT2D eigenvalue weighted by atomic mass is 35.5. The molecule has 2 N–H and O–H groups in total. The summed E-state index contributed by atoms with van der Waals surface area (Å²) in [6.07, 6.45) is 4.23. The Labute approximate surface area is 142 Å². The van der Waals surface area contributed by atoms with Crippen molar-refractivity contribution >= 4 is 11.6 Å². The fourth-order valence-corrected chi connectivity index (χ4v) is 4.33. The van der Waals surface area contributed by atoms with Crippen molar-refractivity contribution in [2.24, 2.45) is 0 Å². The third-order valence-corrected chi connectivity index (χ3v) is 5.83. The zero-order valence-electron chi connectivity index (χ0n) is 13.6. The van der Waals surface area contributed by atoms with Gasteiger partial charge in [-0.25, -0.2) is 0 Å². The molecule has 0 amide bonds. The summed E-state index contributed by atoms with van der Waals surface area (Å²) in [5, 5.41) is 19.8. The number of phenols is 2. The molecule has 2 aromatic carbocycles. The average molecular weight is 331 g/mol. The number of alkyl halides is 1. The van der Waals surface area contributed by atoms with E-state index in [2.05, 4.69) is 12.1 Å². The Kier molecular flexibility index (Phi) is 4.29. The van der Waals surface area contributed by atoms with Crippen LogP contribution in [-0.4, -0.2) is 15.6 Å². The van der Waals surface area contributed by atoms with Crippen LogP contribution in [0.2, 0.25) is 0 Å². The molecule has 3 rings (SSSR count). The molecule has 0 saturated heterocycles. The van der Waals surface area contributed by atoms with E-state index < -0.39 is 0 Å². The molecule has 2 aromatic rings. The van der Waals surface area contributed by atoms with Crippen molar-refractivity contribution in [3.63, 3.8) is 0 Å². The van der Waals surface area contributed by atoms with Crippen LogP contribution in [0.3, 0.4) is 0 Å². The van der Waals surface area contributed by atoms with Gasteiger partial charge in [-0.15, -0.1) is 11.6 Å². The standard InChI is InChI=1S/C20H23ClO2/c1-13-11-15(6-8-17(13)22)20(10-4-3-5-19(20)21)16-7-9-18(23)14(2)12-16/h6-9,11-12,19,22-23H,3-5,10H2,1-2H3. The molecule has 1 fully saturated rings. The van der Waals surface area contributed by atoms with Crippen LogP contribution >= 0.6 is 11.6 Å². The summed E-state index contributed by atoms with van der Waals surface area (Å²) >= 11 is 6.87. The normalized spacial score (nSPS) is 20.4. The first-order chi connectivity index (χ1) is 10.9. The minimum Gasteiger partial charge on any atom is -0.508 e. The lowest BCUT2D eigenvalue weighted by atomic mass is 9.64. The van der Waals surface area contributed by atoms with E-state index in [-0.39, 0.29) is 10.8 Å². The molecular weight excluding hydrogens is 308 g/mol. The molecule has 1 aliphatic rings. The Bertz CT molecular complexity index is 672. The van der Waals surface area contributed by atoms with Crippen LogP contribution in [0.25, 0.3) is 0 Å². The first kappa shape index (κ1) is 16.2. The lowest BCUT2D eigenvalue weighted by Crippen LogP contribution is -2.40. The molecule has 1 saturated carbocycles. The Morgan fingerprint density at radius 3 is 1.87 bits per heavy atom. The summed E-state index contributed by atoms with van der Waals surface area (Å²) in [7, 11) is 0. The van der Waals surface area contributed by atoms with Crippen molar-refractivity contribution in [2.75, 3.05) is 0 Å². The van der Waals surface area contributed by atoms with E-state index in [1.807, 2.05) is 26.0 Å². The number of aryl methyl sites for hydroxylation is 2. The van der Waals surface area contributed by atoms with Gasteiger partial charge in [0.05, 0.1) is 0 Å². The van der Waals surface area contributed by atoms with Crippen molar-refractivity contribution in [1.82, 2.24) is 0 Å². The first-order valence-corrected chi connectivity index (χ1v) is 8.63. The van der Waals surface area contributed by atoms with Gasteiger partial charge in [-0.2, -0.15) is 0 Å². The number of halogens is 1. The molecular formula is C20H23ClO2. The van der Waals surface area contributed by atoms with Gasteiger partial charge in [0, 0.05) is 10.8 Å². The van der Waals surface area contributed by atoms with Gasteiger partial charge in [-0.1, -0.05) is 37.1 Å². The molecule has 0 aliphatic heterocycles. The zero-order valence-corrected chi connectivity index (χ0v) is 14.4. The van der Waals surface area contributed by atoms with Crippen LogP contribution in [-0.2, 0) is 5.41 Å². The third kappa shape index (κ3) is 2.70. The molecule has 23 heavy (non-hydrogen) atoms. The first-order valence-electron chi connectivity index (χ1n) is 8.19. The maximum Gasteiger partial charge on any atom is 0.118 e. The summed E-state index contributed by atoms with van der Waals surface area (Å²) in [4.78, 5) is 0. The predicted molar refractivity (Wildman–Crippen MR) is 94.6 cm³/mol. The summed E-state index contributed by atoms with van der Waals surface area (Å²) in [6.45, 7) is 3.83. The smallest absolute Gasteiger partial charge is 0.118 e. The molecule has 0 heterocycles. The predicted octanol–water partition coefficient (Wildman–Crippen LogP) is 5.18. The Morgan fingerprint density at radius 1 is 0.913 bits per heavy atom. The summed E-state index contributed by atoms with van der Waals surface area (Å²) < 4.78 is 0. The highest BCUT2D eigenvalue weighted by Crippen LogP contribution is 2.48. The second-order valence-electron chi connectivity index (χ2n) is 6.69. The van der Waals surface area contributed by atoms with E-state index in [9.17, 15) is 10.2 Å². The molecule has 1 atom stereocenters. The monoisotopic (exact) mass is 330 g/mol. The topological polar surface area (TPSA) is 40.5 Å². The van der Waals surface area contributed by atoms with Gasteiger partial charge >= 0.3 is 0 Å². The highest BCUT2D eigenvalue weighted by molar-refractivity contribution is 6.22. The van der Waals surface area contributed by atoms with Gasteiger partial charge in [0.25, 0.3) is 0 Å². The molecule has 2 nitrogen and oxygen atoms in total. The molecule has 0 bridgehead atoms. The fraction of sp³-hybridized carbons (Fsp3) is 0.400. The third-order valence-electron chi connectivity index (χ3n) is 5.24. The van der Waals surface area contributed by atoms with E-state index in [1.165, 1.54) is 0 Å². The molecule has 0 spiro atoms. The summed E-state index contributed by atoms with van der Waals surface area (Å²) in [5.41, 5.74) is 3.77. The molecule has 122 valence electrons. The van der Waals surface area contributed by atoms with Crippen molar-refractivity contribution in [1.29, 1.82) is 0 Å². The maximum absolute atomic E-state index is 9.88. The van der Waals surface area contributed by atoms with Crippen molar-refractivity contribution < 1.29 is 10.2 Å². The van der Waals surface area contributed by atoms with Gasteiger partial charge in [-0.3, -0.25) is 0 Å². The van der Waals surface area contributed by atoms with E-state index in [1.54, 1.807) is 12.1 Å². The largest absolute Gasteiger partial charge is 0.508 e. The molecule has 0 radical (unpaired) electrons. The number of hydrogen-bond acceptors (Lipinski definition) is 2. The minimum absolute atomic E-state index is 0.00383. The van der Waals surface area contributed by atoms with Crippen LogP contribution in [0, 0.1) is 13.8 Å². The van der Waals surface area contributed by atoms with Crippen molar-refractivity contribution in [3.8, 4) is 11.5 Å². The number of phenolic OH excluding ortho intramolecular Hbond substituents is 2. The number of hydrogen-bond donors (Lipinski definition) is 2. The molecule has 1 unspecified atom stereocenters. The van der Waals surface area contributed by atoms with Crippen LogP contribution in [0.1, 0.15) is 47.9 Å². The second kappa shape index (κ2) is 6.09. The van der Waals surface area contributed by atoms with Crippen LogP contribution < -0.4 is 0 Å². The Morgan fingerprint density at radius 2 is 1.43 bits per heavy atom. The number of aromatic hydroxyl groups is 2. The lowest BCUT2D eigenvalue weighted by Gasteiger charge is -2.43. The lowest BCUT2D eigenvalue weighted by molar-refractivity contribution is 0.352. The summed E-state index contributed by atoms with van der Waals surface area (Å²) in [6, 6.07) is 11.6. The van der Waals surface area contributed by atoms with Gasteiger partial charge < -0.3 is 10.2 Å². The second-order valence-corrected chi connectivity index (χ2v) is 7.21. The van der Waals surface area contributed by atoms with Crippen molar-refractivity contribution in [2.45, 2.75) is 50.3 Å². The SMILES string of the molecule is Cc1cc(C2(c3ccc(O)c(C)c3)CCCCC2Cl)ccc1O. The molecule has 0 aromatic heterocycles. The zero-order chi connectivity index (χ0) is 16.6. The van der Waals surface area contributed by atoms with Crippen molar-refractivity contribution in [3.05, 3.63) is 58.7 Å². The van der Waals surface area contributed by atoms with E-state index in [0.717, 1.165) is 47.9 Å². The highest BCUT2D eigenvalue weighted by Gasteiger charge is 2.43. The number of rotatable bonds is 2. The Hall–Kier alpha value is -1.67. The van der Waals surface area contributed by atoms with Gasteiger partial charge in [0.1, 0.15) is 11.5 Å².